The van der Waals surface area contributed by atoms with Crippen LogP contribution in [0.3, 0.4) is 0 Å². The molecule has 0 amide bonds. The standard InChI is InChI=1S/C18H20N2O2S/c21-20(22)18(9-4-1-5-10-18)11-8-16-19-17-14-7-3-2-6-13(14)12-15(17)23-16/h2-3,6-7H,1,4-5,8-12H2. The van der Waals surface area contributed by atoms with Crippen LogP contribution in [-0.4, -0.2) is 15.4 Å². The highest BCUT2D eigenvalue weighted by Gasteiger charge is 2.43. The van der Waals surface area contributed by atoms with E-state index in [1.807, 2.05) is 0 Å². The third kappa shape index (κ3) is 2.57. The molecule has 2 aliphatic carbocycles. The lowest BCUT2D eigenvalue weighted by Crippen LogP contribution is -2.40. The molecule has 1 heterocycles. The van der Waals surface area contributed by atoms with Crippen molar-refractivity contribution in [3.63, 3.8) is 0 Å². The molecule has 0 atom stereocenters. The fourth-order valence-corrected chi connectivity index (χ4v) is 5.09. The Balaban J connectivity index is 1.52. The van der Waals surface area contributed by atoms with Gasteiger partial charge < -0.3 is 0 Å². The molecule has 120 valence electrons. The number of fused-ring (bicyclic) bond motifs is 3. The van der Waals surface area contributed by atoms with Crippen LogP contribution in [0.2, 0.25) is 0 Å². The van der Waals surface area contributed by atoms with Crippen molar-refractivity contribution in [3.8, 4) is 11.3 Å². The van der Waals surface area contributed by atoms with Crippen LogP contribution in [0.5, 0.6) is 0 Å². The third-order valence-corrected chi connectivity index (χ3v) is 6.46. The molecule has 1 fully saturated rings. The number of nitro groups is 1. The monoisotopic (exact) mass is 328 g/mol. The van der Waals surface area contributed by atoms with E-state index in [1.54, 1.807) is 11.3 Å². The summed E-state index contributed by atoms with van der Waals surface area (Å²) in [5.41, 5.74) is 3.00. The smallest absolute Gasteiger partial charge is 0.222 e. The molecule has 1 saturated carbocycles. The van der Waals surface area contributed by atoms with E-state index in [1.165, 1.54) is 16.0 Å². The normalized spacial score (nSPS) is 18.4. The van der Waals surface area contributed by atoms with Crippen LogP contribution in [0.15, 0.2) is 24.3 Å². The molecule has 23 heavy (non-hydrogen) atoms. The van der Waals surface area contributed by atoms with Gasteiger partial charge in [0.2, 0.25) is 5.54 Å². The number of benzene rings is 1. The molecule has 0 bridgehead atoms. The first-order valence-corrected chi connectivity index (χ1v) is 9.21. The summed E-state index contributed by atoms with van der Waals surface area (Å²) >= 11 is 1.74. The van der Waals surface area contributed by atoms with Crippen LogP contribution in [0.25, 0.3) is 11.3 Å². The summed E-state index contributed by atoms with van der Waals surface area (Å²) in [5.74, 6) is 0. The molecule has 4 rings (SSSR count). The Morgan fingerprint density at radius 2 is 2.00 bits per heavy atom. The largest absolute Gasteiger partial charge is 0.264 e. The minimum atomic E-state index is -0.702. The van der Waals surface area contributed by atoms with E-state index in [9.17, 15) is 10.1 Å². The van der Waals surface area contributed by atoms with Crippen molar-refractivity contribution in [2.24, 2.45) is 0 Å². The predicted molar refractivity (Wildman–Crippen MR) is 91.5 cm³/mol. The average molecular weight is 328 g/mol. The lowest BCUT2D eigenvalue weighted by molar-refractivity contribution is -0.576. The molecule has 0 saturated heterocycles. The van der Waals surface area contributed by atoms with Gasteiger partial charge in [0, 0.05) is 47.5 Å². The minimum absolute atomic E-state index is 0.0112. The van der Waals surface area contributed by atoms with Gasteiger partial charge >= 0.3 is 0 Å². The maximum absolute atomic E-state index is 11.6. The Labute approximate surface area is 139 Å². The van der Waals surface area contributed by atoms with Crippen molar-refractivity contribution in [2.45, 2.75) is 56.9 Å². The summed E-state index contributed by atoms with van der Waals surface area (Å²) < 4.78 is 0. The fraction of sp³-hybridized carbons (Fsp3) is 0.500. The number of nitrogens with zero attached hydrogens (tertiary/aromatic N) is 2. The summed E-state index contributed by atoms with van der Waals surface area (Å²) in [7, 11) is 0. The molecule has 0 spiro atoms. The van der Waals surface area contributed by atoms with Gasteiger partial charge in [-0.15, -0.1) is 11.3 Å². The second-order valence-corrected chi connectivity index (χ2v) is 7.92. The first-order chi connectivity index (χ1) is 11.2. The summed E-state index contributed by atoms with van der Waals surface area (Å²) in [6.07, 6.45) is 6.91. The molecule has 4 nitrogen and oxygen atoms in total. The van der Waals surface area contributed by atoms with Crippen molar-refractivity contribution in [1.82, 2.24) is 4.98 Å². The maximum atomic E-state index is 11.6. The van der Waals surface area contributed by atoms with E-state index >= 15 is 0 Å². The Morgan fingerprint density at radius 1 is 1.22 bits per heavy atom. The SMILES string of the molecule is O=[N+]([O-])C1(CCc2nc3c(s2)Cc2ccccc2-3)CCCCC1. The number of aromatic nitrogens is 1. The van der Waals surface area contributed by atoms with Crippen molar-refractivity contribution in [2.75, 3.05) is 0 Å². The first-order valence-electron chi connectivity index (χ1n) is 8.39. The number of hydrogen-bond donors (Lipinski definition) is 0. The highest BCUT2D eigenvalue weighted by molar-refractivity contribution is 7.12. The molecular weight excluding hydrogens is 308 g/mol. The quantitative estimate of drug-likeness (QED) is 0.518. The summed E-state index contributed by atoms with van der Waals surface area (Å²) in [6, 6.07) is 8.41. The third-order valence-electron chi connectivity index (χ3n) is 5.34. The second-order valence-electron chi connectivity index (χ2n) is 6.76. The summed E-state index contributed by atoms with van der Waals surface area (Å²) in [5, 5.41) is 12.7. The van der Waals surface area contributed by atoms with Gasteiger partial charge in [-0.3, -0.25) is 10.1 Å². The number of thiazole rings is 1. The van der Waals surface area contributed by atoms with E-state index in [2.05, 4.69) is 24.3 Å². The van der Waals surface area contributed by atoms with E-state index < -0.39 is 5.54 Å². The van der Waals surface area contributed by atoms with E-state index in [0.29, 0.717) is 6.42 Å². The fourth-order valence-electron chi connectivity index (χ4n) is 3.99. The average Bonchev–Trinajstić information content (AvgIpc) is 3.11. The highest BCUT2D eigenvalue weighted by atomic mass is 32.1. The van der Waals surface area contributed by atoms with Crippen molar-refractivity contribution in [3.05, 3.63) is 49.8 Å². The minimum Gasteiger partial charge on any atom is -0.264 e. The zero-order valence-electron chi connectivity index (χ0n) is 13.1. The van der Waals surface area contributed by atoms with Gasteiger partial charge in [0.05, 0.1) is 10.7 Å². The van der Waals surface area contributed by atoms with Gasteiger partial charge in [-0.05, 0) is 18.4 Å². The molecule has 5 heteroatoms. The molecule has 0 unspecified atom stereocenters. The van der Waals surface area contributed by atoms with Crippen molar-refractivity contribution < 1.29 is 4.92 Å². The predicted octanol–water partition coefficient (Wildman–Crippen LogP) is 4.63. The topological polar surface area (TPSA) is 56.0 Å². The van der Waals surface area contributed by atoms with Gasteiger partial charge in [0.25, 0.3) is 0 Å². The van der Waals surface area contributed by atoms with Crippen molar-refractivity contribution in [1.29, 1.82) is 0 Å². The van der Waals surface area contributed by atoms with E-state index in [4.69, 9.17) is 4.98 Å². The molecule has 0 N–H and O–H groups in total. The van der Waals surface area contributed by atoms with Gasteiger partial charge in [0.1, 0.15) is 0 Å². The van der Waals surface area contributed by atoms with Crippen LogP contribution in [0.4, 0.5) is 0 Å². The molecular formula is C18H20N2O2S. The second kappa shape index (κ2) is 5.71. The number of hydrogen-bond acceptors (Lipinski definition) is 4. The van der Waals surface area contributed by atoms with Gasteiger partial charge in [0.15, 0.2) is 0 Å². The first kappa shape index (κ1) is 14.8. The van der Waals surface area contributed by atoms with E-state index in [0.717, 1.165) is 55.6 Å². The number of aryl methyl sites for hydroxylation is 1. The Kier molecular flexibility index (Phi) is 3.68. The van der Waals surface area contributed by atoms with Crippen LogP contribution < -0.4 is 0 Å². The van der Waals surface area contributed by atoms with Crippen molar-refractivity contribution >= 4 is 11.3 Å². The lowest BCUT2D eigenvalue weighted by atomic mass is 9.79. The molecule has 2 aliphatic rings. The summed E-state index contributed by atoms with van der Waals surface area (Å²) in [6.45, 7) is 0. The molecule has 2 aromatic rings. The van der Waals surface area contributed by atoms with E-state index in [-0.39, 0.29) is 4.92 Å². The molecule has 0 radical (unpaired) electrons. The Bertz CT molecular complexity index is 747. The Hall–Kier alpha value is -1.75. The molecule has 1 aromatic heterocycles. The van der Waals surface area contributed by atoms with Crippen LogP contribution in [0.1, 0.15) is 54.0 Å². The molecule has 0 aliphatic heterocycles. The van der Waals surface area contributed by atoms with Crippen LogP contribution >= 0.6 is 11.3 Å². The van der Waals surface area contributed by atoms with Gasteiger partial charge in [-0.2, -0.15) is 0 Å². The number of rotatable bonds is 4. The lowest BCUT2D eigenvalue weighted by Gasteiger charge is -2.28. The molecule has 1 aromatic carbocycles. The van der Waals surface area contributed by atoms with Crippen LogP contribution in [0, 0.1) is 10.1 Å². The van der Waals surface area contributed by atoms with Gasteiger partial charge in [-0.1, -0.05) is 30.7 Å². The zero-order valence-corrected chi connectivity index (χ0v) is 13.9. The van der Waals surface area contributed by atoms with Crippen LogP contribution in [-0.2, 0) is 12.8 Å². The highest BCUT2D eigenvalue weighted by Crippen LogP contribution is 2.41. The maximum Gasteiger partial charge on any atom is 0.222 e. The summed E-state index contributed by atoms with van der Waals surface area (Å²) in [4.78, 5) is 17.7. The Morgan fingerprint density at radius 3 is 2.78 bits per heavy atom. The van der Waals surface area contributed by atoms with Gasteiger partial charge in [-0.25, -0.2) is 4.98 Å². The zero-order chi connectivity index (χ0) is 15.9.